The summed E-state index contributed by atoms with van der Waals surface area (Å²) >= 11 is 0. The van der Waals surface area contributed by atoms with Crippen molar-refractivity contribution in [2.24, 2.45) is 0 Å². The molecule has 6 aromatic rings. The van der Waals surface area contributed by atoms with Gasteiger partial charge < -0.3 is 38.3 Å². The minimum Gasteiger partial charge on any atom is -0.497 e. The molecule has 5 atom stereocenters. The number of hydrogen-bond acceptors (Lipinski definition) is 9. The summed E-state index contributed by atoms with van der Waals surface area (Å²) < 4.78 is 63.0. The summed E-state index contributed by atoms with van der Waals surface area (Å²) in [7, 11) is 1.50. The van der Waals surface area contributed by atoms with Gasteiger partial charge in [-0.05, 0) is 60.1 Å². The lowest BCUT2D eigenvalue weighted by molar-refractivity contribution is -0.436. The Morgan fingerprint density at radius 1 is 0.721 bits per heavy atom. The maximum Gasteiger partial charge on any atom is 0.356 e. The Bertz CT molecular complexity index is 2280. The lowest BCUT2D eigenvalue weighted by Crippen LogP contribution is -2.69. The molecule has 5 aromatic carbocycles. The van der Waals surface area contributed by atoms with Gasteiger partial charge in [0.05, 0.1) is 46.2 Å². The van der Waals surface area contributed by atoms with E-state index in [0.29, 0.717) is 16.9 Å². The van der Waals surface area contributed by atoms with Crippen molar-refractivity contribution in [3.63, 3.8) is 0 Å². The van der Waals surface area contributed by atoms with Crippen LogP contribution in [0.15, 0.2) is 140 Å². The highest BCUT2D eigenvalue weighted by molar-refractivity contribution is 5.39. The molecule has 2 fully saturated rings. The van der Waals surface area contributed by atoms with Gasteiger partial charge in [0, 0.05) is 23.7 Å². The molecule has 1 aromatic heterocycles. The molecule has 61 heavy (non-hydrogen) atoms. The summed E-state index contributed by atoms with van der Waals surface area (Å²) in [5.41, 5.74) is 5.52. The first-order chi connectivity index (χ1) is 29.9. The molecule has 0 radical (unpaired) electrons. The Kier molecular flexibility index (Phi) is 13.9. The quantitative estimate of drug-likeness (QED) is 0.0802. The van der Waals surface area contributed by atoms with Crippen LogP contribution in [0.1, 0.15) is 64.4 Å². The number of benzene rings is 5. The number of methoxy groups -OCH3 is 1. The Morgan fingerprint density at radius 3 is 1.79 bits per heavy atom. The molecular formula is C50H53FN2O8. The number of halogens is 1. The van der Waals surface area contributed by atoms with Gasteiger partial charge >= 0.3 is 5.97 Å². The normalized spacial score (nSPS) is 21.5. The predicted molar refractivity (Wildman–Crippen MR) is 227 cm³/mol. The number of aromatic nitrogens is 2. The minimum absolute atomic E-state index is 0.0100. The van der Waals surface area contributed by atoms with Crippen LogP contribution in [-0.2, 0) is 56.5 Å². The average Bonchev–Trinajstić information content (AvgIpc) is 3.55. The zero-order valence-electron chi connectivity index (χ0n) is 34.6. The molecule has 0 spiro atoms. The predicted octanol–water partition coefficient (Wildman–Crippen LogP) is 9.05. The van der Waals surface area contributed by atoms with Crippen molar-refractivity contribution in [2.75, 3.05) is 13.7 Å². The van der Waals surface area contributed by atoms with Crippen LogP contribution < -0.4 is 9.47 Å². The van der Waals surface area contributed by atoms with Gasteiger partial charge in [-0.2, -0.15) is 0 Å². The lowest BCUT2D eigenvalue weighted by atomic mass is 9.93. The molecule has 2 heterocycles. The maximum absolute atomic E-state index is 15.6. The highest BCUT2D eigenvalue weighted by atomic mass is 19.1. The van der Waals surface area contributed by atoms with Crippen LogP contribution in [0.25, 0.3) is 0 Å². The van der Waals surface area contributed by atoms with Crippen LogP contribution in [0.4, 0.5) is 4.39 Å². The largest absolute Gasteiger partial charge is 0.497 e. The van der Waals surface area contributed by atoms with Gasteiger partial charge in [-0.25, -0.2) is 4.39 Å². The van der Waals surface area contributed by atoms with E-state index in [4.69, 9.17) is 38.3 Å². The summed E-state index contributed by atoms with van der Waals surface area (Å²) in [6.45, 7) is 2.73. The van der Waals surface area contributed by atoms with E-state index in [1.807, 2.05) is 133 Å². The van der Waals surface area contributed by atoms with Crippen molar-refractivity contribution in [3.05, 3.63) is 184 Å². The van der Waals surface area contributed by atoms with E-state index < -0.39 is 36.2 Å². The average molecular weight is 829 g/mol. The molecule has 2 aliphatic rings. The summed E-state index contributed by atoms with van der Waals surface area (Å²) in [5, 5.41) is 18.1. The van der Waals surface area contributed by atoms with E-state index in [0.717, 1.165) is 47.2 Å². The number of nitrogens with zero attached hydrogens (tertiary/aromatic N) is 2. The molecule has 0 bridgehead atoms. The van der Waals surface area contributed by atoms with Crippen molar-refractivity contribution in [1.82, 2.24) is 9.78 Å². The summed E-state index contributed by atoms with van der Waals surface area (Å²) in [4.78, 5) is 0. The Labute approximate surface area is 356 Å². The molecule has 1 aliphatic heterocycles. The Balaban J connectivity index is 1.20. The standard InChI is InChI=1S/C50H53FN2O8/c1-35-43(28-40-26-27-42(55-2)29-44(40)51)49(52-53(35)41-24-15-25-41)61-50(54)48(59-33-39-22-13-6-14-23-39)47(58-32-38-20-11-5-12-21-38)46(57-31-37-18-9-4-10-19-37)45(60-50)34-56-30-36-16-7-3-8-17-36/h3-14,16-23,26-27,29,41,45-48,54H,15,24-25,28,30-34H2,1-2H3/t45-,46-,47+,48-,50+/m1/s1. The third-order valence-electron chi connectivity index (χ3n) is 11.4. The molecule has 8 rings (SSSR count). The van der Waals surface area contributed by atoms with E-state index >= 15 is 4.39 Å². The zero-order chi connectivity index (χ0) is 42.0. The second-order valence-electron chi connectivity index (χ2n) is 15.7. The molecule has 1 aliphatic carbocycles. The van der Waals surface area contributed by atoms with E-state index in [1.54, 1.807) is 12.1 Å². The van der Waals surface area contributed by atoms with Gasteiger partial charge in [0.1, 0.15) is 29.9 Å². The van der Waals surface area contributed by atoms with E-state index in [1.165, 1.54) is 13.2 Å². The fourth-order valence-electron chi connectivity index (χ4n) is 7.82. The zero-order valence-corrected chi connectivity index (χ0v) is 34.6. The van der Waals surface area contributed by atoms with Gasteiger partial charge in [-0.3, -0.25) is 4.68 Å². The first-order valence-corrected chi connectivity index (χ1v) is 20.9. The van der Waals surface area contributed by atoms with Crippen LogP contribution in [0.5, 0.6) is 11.6 Å². The SMILES string of the molecule is COc1ccc(Cc2c(O[C@@]3(O)O[C@H](COCc4ccccc4)[C@@H](OCc4ccccc4)[C@H](OCc4ccccc4)[C@H]3OCc3ccccc3)nn(C3CCC3)c2C)c(F)c1. The summed E-state index contributed by atoms with van der Waals surface area (Å²) in [5.74, 6) is -2.41. The summed E-state index contributed by atoms with van der Waals surface area (Å²) in [6, 6.07) is 44.0. The van der Waals surface area contributed by atoms with Gasteiger partial charge in [0.15, 0.2) is 6.10 Å². The molecule has 0 amide bonds. The van der Waals surface area contributed by atoms with Gasteiger partial charge in [-0.15, -0.1) is 5.10 Å². The topological polar surface area (TPSA) is 103 Å². The van der Waals surface area contributed by atoms with E-state index in [2.05, 4.69) is 0 Å². The van der Waals surface area contributed by atoms with Crippen molar-refractivity contribution in [3.8, 4) is 11.6 Å². The molecule has 1 saturated heterocycles. The third-order valence-corrected chi connectivity index (χ3v) is 11.4. The first kappa shape index (κ1) is 42.3. The van der Waals surface area contributed by atoms with Gasteiger partial charge in [0.2, 0.25) is 5.88 Å². The molecule has 11 heteroatoms. The van der Waals surface area contributed by atoms with Gasteiger partial charge in [0.25, 0.3) is 0 Å². The molecule has 0 unspecified atom stereocenters. The molecule has 1 saturated carbocycles. The second kappa shape index (κ2) is 20.0. The maximum atomic E-state index is 15.6. The number of rotatable bonds is 19. The first-order valence-electron chi connectivity index (χ1n) is 20.9. The fourth-order valence-corrected chi connectivity index (χ4v) is 7.82. The fraction of sp³-hybridized carbons (Fsp3) is 0.340. The lowest BCUT2D eigenvalue weighted by Gasteiger charge is -2.49. The van der Waals surface area contributed by atoms with E-state index in [9.17, 15) is 5.11 Å². The smallest absolute Gasteiger partial charge is 0.356 e. The Hall–Kier alpha value is -5.40. The van der Waals surface area contributed by atoms with Crippen molar-refractivity contribution < 1.29 is 42.7 Å². The van der Waals surface area contributed by atoms with Crippen LogP contribution in [0.2, 0.25) is 0 Å². The number of ether oxygens (including phenoxy) is 7. The summed E-state index contributed by atoms with van der Waals surface area (Å²) in [6.07, 6.45) is -0.900. The van der Waals surface area contributed by atoms with Crippen LogP contribution >= 0.6 is 0 Å². The highest BCUT2D eigenvalue weighted by Crippen LogP contribution is 2.41. The van der Waals surface area contributed by atoms with Gasteiger partial charge in [-0.1, -0.05) is 127 Å². The van der Waals surface area contributed by atoms with Crippen molar-refractivity contribution in [2.45, 2.75) is 95.5 Å². The minimum atomic E-state index is -2.50. The third kappa shape index (κ3) is 10.4. The highest BCUT2D eigenvalue weighted by Gasteiger charge is 2.59. The van der Waals surface area contributed by atoms with Crippen LogP contribution in [-0.4, -0.2) is 59.0 Å². The van der Waals surface area contributed by atoms with Crippen LogP contribution in [0, 0.1) is 12.7 Å². The monoisotopic (exact) mass is 828 g/mol. The molecule has 1 N–H and O–H groups in total. The van der Waals surface area contributed by atoms with E-state index in [-0.39, 0.29) is 51.4 Å². The Morgan fingerprint density at radius 2 is 1.26 bits per heavy atom. The van der Waals surface area contributed by atoms with Crippen LogP contribution in [0.3, 0.4) is 0 Å². The number of hydrogen-bond donors (Lipinski definition) is 1. The van der Waals surface area contributed by atoms with Crippen molar-refractivity contribution >= 4 is 0 Å². The number of aliphatic hydroxyl groups is 1. The second-order valence-corrected chi connectivity index (χ2v) is 15.7. The molecular weight excluding hydrogens is 776 g/mol. The van der Waals surface area contributed by atoms with Crippen molar-refractivity contribution in [1.29, 1.82) is 0 Å². The molecule has 10 nitrogen and oxygen atoms in total. The molecule has 318 valence electrons.